The molecular weight excluding hydrogens is 202 g/mol. The summed E-state index contributed by atoms with van der Waals surface area (Å²) < 4.78 is 5.25. The Labute approximate surface area is 98.0 Å². The number of carbonyl (C=O) groups is 1. The fraction of sp³-hybridized carbons (Fsp3) is 0.462. The number of amides is 1. The van der Waals surface area contributed by atoms with Crippen LogP contribution in [0.4, 0.5) is 0 Å². The normalized spacial score (nSPS) is 9.00. The molecule has 0 bridgehead atoms. The molecule has 1 aromatic carbocycles. The smallest absolute Gasteiger partial charge is 0.248 e. The second kappa shape index (κ2) is 8.92. The van der Waals surface area contributed by atoms with E-state index in [0.29, 0.717) is 6.61 Å². The Morgan fingerprint density at radius 3 is 2.25 bits per heavy atom. The largest absolute Gasteiger partial charge is 0.367 e. The Hall–Kier alpha value is -1.35. The topological polar surface area (TPSA) is 29.5 Å². The Morgan fingerprint density at radius 1 is 1.19 bits per heavy atom. The third kappa shape index (κ3) is 6.19. The highest BCUT2D eigenvalue weighted by molar-refractivity contribution is 5.76. The molecule has 3 heteroatoms. The van der Waals surface area contributed by atoms with Gasteiger partial charge in [-0.3, -0.25) is 4.79 Å². The fourth-order valence-corrected chi connectivity index (χ4v) is 0.960. The van der Waals surface area contributed by atoms with Gasteiger partial charge in [-0.15, -0.1) is 0 Å². The first kappa shape index (κ1) is 14.6. The minimum atomic E-state index is -0.0130. The van der Waals surface area contributed by atoms with E-state index in [2.05, 4.69) is 0 Å². The van der Waals surface area contributed by atoms with Crippen LogP contribution in [-0.2, 0) is 16.1 Å². The molecule has 1 aromatic rings. The summed E-state index contributed by atoms with van der Waals surface area (Å²) in [5.74, 6) is -0.0130. The van der Waals surface area contributed by atoms with E-state index >= 15 is 0 Å². The standard InChI is InChI=1S/C11H15NO2.C2H6/c1-12(2)11(13)9-14-8-10-6-4-3-5-7-10;1-2/h3-7H,8-9H2,1-2H3;1-2H3. The van der Waals surface area contributed by atoms with Crippen LogP contribution in [0.1, 0.15) is 19.4 Å². The zero-order chi connectivity index (χ0) is 12.4. The number of ether oxygens (including phenoxy) is 1. The molecule has 0 aliphatic carbocycles. The molecule has 90 valence electrons. The lowest BCUT2D eigenvalue weighted by molar-refractivity contribution is -0.133. The van der Waals surface area contributed by atoms with Crippen LogP contribution in [0.15, 0.2) is 30.3 Å². The van der Waals surface area contributed by atoms with Crippen molar-refractivity contribution in [1.82, 2.24) is 4.90 Å². The average molecular weight is 223 g/mol. The van der Waals surface area contributed by atoms with Crippen LogP contribution in [0.5, 0.6) is 0 Å². The van der Waals surface area contributed by atoms with Crippen LogP contribution in [0.3, 0.4) is 0 Å². The number of nitrogens with zero attached hydrogens (tertiary/aromatic N) is 1. The molecule has 0 saturated heterocycles. The average Bonchev–Trinajstić information content (AvgIpc) is 2.33. The summed E-state index contributed by atoms with van der Waals surface area (Å²) >= 11 is 0. The molecule has 16 heavy (non-hydrogen) atoms. The summed E-state index contributed by atoms with van der Waals surface area (Å²) in [6, 6.07) is 9.80. The summed E-state index contributed by atoms with van der Waals surface area (Å²) in [5, 5.41) is 0. The van der Waals surface area contributed by atoms with Crippen LogP contribution < -0.4 is 0 Å². The predicted octanol–water partition coefficient (Wildman–Crippen LogP) is 2.32. The zero-order valence-electron chi connectivity index (χ0n) is 10.6. The number of rotatable bonds is 4. The van der Waals surface area contributed by atoms with Gasteiger partial charge in [0.2, 0.25) is 5.91 Å². The maximum atomic E-state index is 11.1. The molecule has 0 aliphatic heterocycles. The zero-order valence-corrected chi connectivity index (χ0v) is 10.6. The Bertz CT molecular complexity index is 283. The first-order valence-corrected chi connectivity index (χ1v) is 5.52. The van der Waals surface area contributed by atoms with Gasteiger partial charge in [-0.1, -0.05) is 44.2 Å². The van der Waals surface area contributed by atoms with Crippen LogP contribution >= 0.6 is 0 Å². The lowest BCUT2D eigenvalue weighted by Gasteiger charge is -2.10. The highest BCUT2D eigenvalue weighted by Gasteiger charge is 2.02. The van der Waals surface area contributed by atoms with Crippen molar-refractivity contribution in [2.45, 2.75) is 20.5 Å². The monoisotopic (exact) mass is 223 g/mol. The molecule has 3 nitrogen and oxygen atoms in total. The van der Waals surface area contributed by atoms with Crippen molar-refractivity contribution in [1.29, 1.82) is 0 Å². The van der Waals surface area contributed by atoms with E-state index in [1.165, 1.54) is 4.90 Å². The van der Waals surface area contributed by atoms with Gasteiger partial charge in [0.15, 0.2) is 0 Å². The van der Waals surface area contributed by atoms with Crippen molar-refractivity contribution in [3.05, 3.63) is 35.9 Å². The number of hydrogen-bond acceptors (Lipinski definition) is 2. The molecule has 0 saturated carbocycles. The summed E-state index contributed by atoms with van der Waals surface area (Å²) in [6.07, 6.45) is 0. The van der Waals surface area contributed by atoms with Gasteiger partial charge < -0.3 is 9.64 Å². The van der Waals surface area contributed by atoms with Crippen molar-refractivity contribution >= 4 is 5.91 Å². The Morgan fingerprint density at radius 2 is 1.75 bits per heavy atom. The van der Waals surface area contributed by atoms with Crippen molar-refractivity contribution in [3.63, 3.8) is 0 Å². The summed E-state index contributed by atoms with van der Waals surface area (Å²) in [6.45, 7) is 4.63. The van der Waals surface area contributed by atoms with E-state index in [0.717, 1.165) is 5.56 Å². The van der Waals surface area contributed by atoms with Crippen LogP contribution in [-0.4, -0.2) is 31.5 Å². The minimum Gasteiger partial charge on any atom is -0.367 e. The van der Waals surface area contributed by atoms with E-state index in [1.54, 1.807) is 14.1 Å². The molecule has 0 radical (unpaired) electrons. The first-order valence-electron chi connectivity index (χ1n) is 5.52. The molecule has 0 spiro atoms. The first-order chi connectivity index (χ1) is 7.70. The quantitative estimate of drug-likeness (QED) is 0.784. The number of benzene rings is 1. The maximum Gasteiger partial charge on any atom is 0.248 e. The lowest BCUT2D eigenvalue weighted by atomic mass is 10.2. The molecule has 0 fully saturated rings. The second-order valence-electron chi connectivity index (χ2n) is 3.27. The van der Waals surface area contributed by atoms with Gasteiger partial charge in [0, 0.05) is 14.1 Å². The van der Waals surface area contributed by atoms with Crippen molar-refractivity contribution < 1.29 is 9.53 Å². The fourth-order valence-electron chi connectivity index (χ4n) is 0.960. The van der Waals surface area contributed by atoms with Gasteiger partial charge in [-0.2, -0.15) is 0 Å². The predicted molar refractivity (Wildman–Crippen MR) is 66.1 cm³/mol. The molecule has 0 N–H and O–H groups in total. The van der Waals surface area contributed by atoms with E-state index in [9.17, 15) is 4.79 Å². The van der Waals surface area contributed by atoms with Crippen molar-refractivity contribution in [3.8, 4) is 0 Å². The van der Waals surface area contributed by atoms with Gasteiger partial charge in [0.1, 0.15) is 6.61 Å². The van der Waals surface area contributed by atoms with Gasteiger partial charge in [0.25, 0.3) is 0 Å². The highest BCUT2D eigenvalue weighted by Crippen LogP contribution is 2.00. The SMILES string of the molecule is CC.CN(C)C(=O)COCc1ccccc1. The van der Waals surface area contributed by atoms with Crippen LogP contribution in [0, 0.1) is 0 Å². The second-order valence-corrected chi connectivity index (χ2v) is 3.27. The molecule has 1 rings (SSSR count). The van der Waals surface area contributed by atoms with E-state index in [4.69, 9.17) is 4.74 Å². The lowest BCUT2D eigenvalue weighted by Crippen LogP contribution is -2.26. The number of carbonyl (C=O) groups excluding carboxylic acids is 1. The number of likely N-dealkylation sites (N-methyl/N-ethyl adjacent to an activating group) is 1. The molecule has 1 amide bonds. The molecule has 0 unspecified atom stereocenters. The van der Waals surface area contributed by atoms with Crippen molar-refractivity contribution in [2.75, 3.05) is 20.7 Å². The maximum absolute atomic E-state index is 11.1. The third-order valence-electron chi connectivity index (χ3n) is 1.84. The molecule has 0 aromatic heterocycles. The van der Waals surface area contributed by atoms with E-state index in [1.807, 2.05) is 44.2 Å². The summed E-state index contributed by atoms with van der Waals surface area (Å²) in [5.41, 5.74) is 1.08. The molecule has 0 atom stereocenters. The van der Waals surface area contributed by atoms with E-state index < -0.39 is 0 Å². The van der Waals surface area contributed by atoms with Gasteiger partial charge in [-0.05, 0) is 5.56 Å². The van der Waals surface area contributed by atoms with Gasteiger partial charge in [-0.25, -0.2) is 0 Å². The van der Waals surface area contributed by atoms with Gasteiger partial charge in [0.05, 0.1) is 6.61 Å². The summed E-state index contributed by atoms with van der Waals surface area (Å²) in [7, 11) is 3.43. The van der Waals surface area contributed by atoms with Crippen LogP contribution in [0.25, 0.3) is 0 Å². The molecule has 0 aliphatic rings. The Kier molecular flexibility index (Phi) is 8.17. The summed E-state index contributed by atoms with van der Waals surface area (Å²) in [4.78, 5) is 12.7. The van der Waals surface area contributed by atoms with E-state index in [-0.39, 0.29) is 12.5 Å². The third-order valence-corrected chi connectivity index (χ3v) is 1.84. The highest BCUT2D eigenvalue weighted by atomic mass is 16.5. The number of hydrogen-bond donors (Lipinski definition) is 0. The molecular formula is C13H21NO2. The van der Waals surface area contributed by atoms with Gasteiger partial charge >= 0.3 is 0 Å². The van der Waals surface area contributed by atoms with Crippen molar-refractivity contribution in [2.24, 2.45) is 0 Å². The minimum absolute atomic E-state index is 0.0130. The Balaban J connectivity index is 0.00000106. The molecule has 0 heterocycles. The van der Waals surface area contributed by atoms with Crippen LogP contribution in [0.2, 0.25) is 0 Å².